The van der Waals surface area contributed by atoms with Gasteiger partial charge in [-0.2, -0.15) is 0 Å². The van der Waals surface area contributed by atoms with E-state index in [0.29, 0.717) is 17.2 Å². The number of aryl methyl sites for hydroxylation is 2. The number of nitrogens with one attached hydrogen (secondary N) is 3. The normalized spacial score (nSPS) is 10.5. The van der Waals surface area contributed by atoms with Crippen molar-refractivity contribution in [3.8, 4) is 5.75 Å². The molecule has 0 aliphatic rings. The Labute approximate surface area is 169 Å². The summed E-state index contributed by atoms with van der Waals surface area (Å²) in [5, 5.41) is 3.37. The summed E-state index contributed by atoms with van der Waals surface area (Å²) in [6.07, 6.45) is 0. The zero-order valence-electron chi connectivity index (χ0n) is 16.1. The van der Waals surface area contributed by atoms with Gasteiger partial charge in [0.15, 0.2) is 5.11 Å². The topological polar surface area (TPSA) is 80.2 Å². The maximum atomic E-state index is 12.4. The Hall–Kier alpha value is -3.13. The van der Waals surface area contributed by atoms with E-state index in [-0.39, 0.29) is 5.91 Å². The highest BCUT2D eigenvalue weighted by molar-refractivity contribution is 7.80. The Bertz CT molecular complexity index is 998. The monoisotopic (exact) mass is 397 g/mol. The SMILES string of the molecule is CCn1c(C)nc2cc(C(=O)NNC(=S)NCc3ccc(OC)cc3)ccc21. The first-order valence-corrected chi connectivity index (χ1v) is 9.36. The third-order valence-electron chi connectivity index (χ3n) is 4.42. The molecular formula is C20H23N5O2S. The van der Waals surface area contributed by atoms with Gasteiger partial charge in [0.25, 0.3) is 5.91 Å². The Morgan fingerprint density at radius 2 is 1.93 bits per heavy atom. The Morgan fingerprint density at radius 3 is 2.61 bits per heavy atom. The molecule has 3 aromatic rings. The van der Waals surface area contributed by atoms with Crippen molar-refractivity contribution in [1.29, 1.82) is 0 Å². The molecule has 8 heteroatoms. The van der Waals surface area contributed by atoms with Crippen LogP contribution in [-0.2, 0) is 13.1 Å². The fraction of sp³-hybridized carbons (Fsp3) is 0.250. The number of thiocarbonyl (C=S) groups is 1. The number of aromatic nitrogens is 2. The highest BCUT2D eigenvalue weighted by Gasteiger charge is 2.11. The molecule has 0 saturated heterocycles. The molecule has 0 aliphatic carbocycles. The molecule has 0 bridgehead atoms. The average Bonchev–Trinajstić information content (AvgIpc) is 3.04. The average molecular weight is 398 g/mol. The van der Waals surface area contributed by atoms with Crippen LogP contribution in [-0.4, -0.2) is 27.7 Å². The fourth-order valence-corrected chi connectivity index (χ4v) is 3.07. The molecule has 0 unspecified atom stereocenters. The van der Waals surface area contributed by atoms with E-state index in [1.807, 2.05) is 37.3 Å². The largest absolute Gasteiger partial charge is 0.497 e. The van der Waals surface area contributed by atoms with Crippen molar-refractivity contribution in [3.05, 3.63) is 59.4 Å². The van der Waals surface area contributed by atoms with E-state index in [2.05, 4.69) is 32.6 Å². The highest BCUT2D eigenvalue weighted by atomic mass is 32.1. The van der Waals surface area contributed by atoms with E-state index in [4.69, 9.17) is 17.0 Å². The summed E-state index contributed by atoms with van der Waals surface area (Å²) in [7, 11) is 1.63. The van der Waals surface area contributed by atoms with E-state index in [9.17, 15) is 4.79 Å². The number of amides is 1. The van der Waals surface area contributed by atoms with Crippen molar-refractivity contribution in [3.63, 3.8) is 0 Å². The number of rotatable bonds is 5. The molecule has 0 aliphatic heterocycles. The van der Waals surface area contributed by atoms with Crippen molar-refractivity contribution in [2.24, 2.45) is 0 Å². The Kier molecular flexibility index (Phi) is 6.10. The van der Waals surface area contributed by atoms with Gasteiger partial charge in [-0.3, -0.25) is 15.6 Å². The number of benzene rings is 2. The van der Waals surface area contributed by atoms with Gasteiger partial charge >= 0.3 is 0 Å². The molecule has 1 amide bonds. The van der Waals surface area contributed by atoms with Gasteiger partial charge in [0.1, 0.15) is 11.6 Å². The number of hydrazine groups is 1. The van der Waals surface area contributed by atoms with Crippen molar-refractivity contribution in [1.82, 2.24) is 25.7 Å². The predicted molar refractivity (Wildman–Crippen MR) is 113 cm³/mol. The minimum Gasteiger partial charge on any atom is -0.497 e. The van der Waals surface area contributed by atoms with E-state index >= 15 is 0 Å². The van der Waals surface area contributed by atoms with Crippen LogP contribution in [0.1, 0.15) is 28.7 Å². The Morgan fingerprint density at radius 1 is 1.18 bits per heavy atom. The number of ether oxygens (including phenoxy) is 1. The van der Waals surface area contributed by atoms with Gasteiger partial charge in [0.2, 0.25) is 0 Å². The van der Waals surface area contributed by atoms with Crippen LogP contribution in [0.2, 0.25) is 0 Å². The van der Waals surface area contributed by atoms with Crippen LogP contribution in [0.4, 0.5) is 0 Å². The van der Waals surface area contributed by atoms with Gasteiger partial charge in [-0.1, -0.05) is 12.1 Å². The second-order valence-corrected chi connectivity index (χ2v) is 6.62. The highest BCUT2D eigenvalue weighted by Crippen LogP contribution is 2.17. The maximum absolute atomic E-state index is 12.4. The second kappa shape index (κ2) is 8.71. The fourth-order valence-electron chi connectivity index (χ4n) is 2.95. The van der Waals surface area contributed by atoms with E-state index < -0.39 is 0 Å². The summed E-state index contributed by atoms with van der Waals surface area (Å²) in [6.45, 7) is 5.39. The lowest BCUT2D eigenvalue weighted by Gasteiger charge is -2.12. The molecule has 0 saturated carbocycles. The number of carbonyl (C=O) groups is 1. The number of carbonyl (C=O) groups excluding carboxylic acids is 1. The summed E-state index contributed by atoms with van der Waals surface area (Å²) in [4.78, 5) is 16.9. The van der Waals surface area contributed by atoms with Gasteiger partial charge in [-0.15, -0.1) is 0 Å². The molecule has 2 aromatic carbocycles. The van der Waals surface area contributed by atoms with Gasteiger partial charge in [0, 0.05) is 18.7 Å². The number of methoxy groups -OCH3 is 1. The summed E-state index contributed by atoms with van der Waals surface area (Å²) in [5.74, 6) is 1.45. The molecule has 0 spiro atoms. The van der Waals surface area contributed by atoms with Crippen LogP contribution in [0.15, 0.2) is 42.5 Å². The molecule has 1 heterocycles. The molecule has 28 heavy (non-hydrogen) atoms. The Balaban J connectivity index is 1.54. The van der Waals surface area contributed by atoms with Gasteiger partial charge in [-0.25, -0.2) is 4.98 Å². The summed E-state index contributed by atoms with van der Waals surface area (Å²) >= 11 is 5.21. The van der Waals surface area contributed by atoms with Crippen molar-refractivity contribution in [2.75, 3.05) is 7.11 Å². The zero-order valence-corrected chi connectivity index (χ0v) is 16.9. The third-order valence-corrected chi connectivity index (χ3v) is 4.67. The number of fused-ring (bicyclic) bond motifs is 1. The molecule has 7 nitrogen and oxygen atoms in total. The smallest absolute Gasteiger partial charge is 0.269 e. The summed E-state index contributed by atoms with van der Waals surface area (Å²) in [5.41, 5.74) is 8.70. The van der Waals surface area contributed by atoms with Crippen LogP contribution in [0.5, 0.6) is 5.75 Å². The van der Waals surface area contributed by atoms with Crippen molar-refractivity contribution in [2.45, 2.75) is 26.9 Å². The third kappa shape index (κ3) is 4.40. The molecule has 0 radical (unpaired) electrons. The first-order valence-electron chi connectivity index (χ1n) is 8.95. The summed E-state index contributed by atoms with van der Waals surface area (Å²) < 4.78 is 7.24. The van der Waals surface area contributed by atoms with Crippen molar-refractivity contribution < 1.29 is 9.53 Å². The predicted octanol–water partition coefficient (Wildman–Crippen LogP) is 2.68. The second-order valence-electron chi connectivity index (χ2n) is 6.22. The number of imidazole rings is 1. The van der Waals surface area contributed by atoms with E-state index in [0.717, 1.165) is 34.7 Å². The number of hydrogen-bond donors (Lipinski definition) is 3. The van der Waals surface area contributed by atoms with Crippen LogP contribution >= 0.6 is 12.2 Å². The minimum atomic E-state index is -0.279. The minimum absolute atomic E-state index is 0.279. The van der Waals surface area contributed by atoms with Gasteiger partial charge in [-0.05, 0) is 62.0 Å². The standard InChI is InChI=1S/C20H23N5O2S/c1-4-25-13(2)22-17-11-15(7-10-18(17)25)19(26)23-24-20(28)21-12-14-5-8-16(27-3)9-6-14/h5-11H,4,12H2,1-3H3,(H,23,26)(H2,21,24,28). The number of hydrogen-bond acceptors (Lipinski definition) is 4. The van der Waals surface area contributed by atoms with Gasteiger partial charge < -0.3 is 14.6 Å². The van der Waals surface area contributed by atoms with E-state index in [1.165, 1.54) is 0 Å². The number of nitrogens with zero attached hydrogens (tertiary/aromatic N) is 2. The van der Waals surface area contributed by atoms with Crippen LogP contribution in [0.3, 0.4) is 0 Å². The first kappa shape index (κ1) is 19.6. The molecular weight excluding hydrogens is 374 g/mol. The zero-order chi connectivity index (χ0) is 20.1. The lowest BCUT2D eigenvalue weighted by molar-refractivity contribution is 0.0944. The quantitative estimate of drug-likeness (QED) is 0.454. The first-order chi connectivity index (χ1) is 13.5. The molecule has 0 atom stereocenters. The lowest BCUT2D eigenvalue weighted by atomic mass is 10.2. The molecule has 3 N–H and O–H groups in total. The van der Waals surface area contributed by atoms with Crippen LogP contribution in [0.25, 0.3) is 11.0 Å². The lowest BCUT2D eigenvalue weighted by Crippen LogP contribution is -2.46. The van der Waals surface area contributed by atoms with Crippen LogP contribution < -0.4 is 20.9 Å². The summed E-state index contributed by atoms with van der Waals surface area (Å²) in [6, 6.07) is 13.1. The molecule has 0 fully saturated rings. The van der Waals surface area contributed by atoms with Crippen LogP contribution in [0, 0.1) is 6.92 Å². The maximum Gasteiger partial charge on any atom is 0.269 e. The van der Waals surface area contributed by atoms with Crippen molar-refractivity contribution >= 4 is 34.3 Å². The van der Waals surface area contributed by atoms with E-state index in [1.54, 1.807) is 19.2 Å². The van der Waals surface area contributed by atoms with Gasteiger partial charge in [0.05, 0.1) is 18.1 Å². The molecule has 146 valence electrons. The molecule has 3 rings (SSSR count). The molecule has 1 aromatic heterocycles.